The van der Waals surface area contributed by atoms with Crippen LogP contribution >= 0.6 is 23.7 Å². The van der Waals surface area contributed by atoms with E-state index in [1.165, 1.54) is 5.56 Å². The molecule has 2 rings (SSSR count). The van der Waals surface area contributed by atoms with Crippen LogP contribution in [-0.2, 0) is 6.54 Å². The van der Waals surface area contributed by atoms with E-state index < -0.39 is 0 Å². The van der Waals surface area contributed by atoms with Gasteiger partial charge in [0.1, 0.15) is 0 Å². The Morgan fingerprint density at radius 2 is 1.88 bits per heavy atom. The summed E-state index contributed by atoms with van der Waals surface area (Å²) in [6.07, 6.45) is 0. The second-order valence-corrected chi connectivity index (χ2v) is 6.18. The molecule has 0 aliphatic heterocycles. The summed E-state index contributed by atoms with van der Waals surface area (Å²) in [5.74, 6) is -0.0408. The first-order chi connectivity index (χ1) is 11.2. The molecule has 1 aromatic carbocycles. The number of thiophene rings is 1. The number of nitrogens with two attached hydrogens (primary N) is 1. The van der Waals surface area contributed by atoms with Crippen molar-refractivity contribution in [2.24, 2.45) is 5.73 Å². The van der Waals surface area contributed by atoms with Crippen LogP contribution in [-0.4, -0.2) is 30.4 Å². The van der Waals surface area contributed by atoms with Crippen LogP contribution in [0.5, 0.6) is 0 Å². The number of rotatable bonds is 8. The monoisotopic (exact) mass is 367 g/mol. The lowest BCUT2D eigenvalue weighted by Gasteiger charge is -2.29. The molecule has 2 aromatic rings. The highest BCUT2D eigenvalue weighted by Crippen LogP contribution is 2.22. The van der Waals surface area contributed by atoms with Crippen molar-refractivity contribution in [3.05, 3.63) is 57.8 Å². The number of carbonyl (C=O) groups excluding carboxylic acids is 1. The number of nitrogens with one attached hydrogen (secondary N) is 1. The Kier molecular flexibility index (Phi) is 9.00. The lowest BCUT2D eigenvalue weighted by molar-refractivity contribution is 0.0935. The zero-order chi connectivity index (χ0) is 16.7. The van der Waals surface area contributed by atoms with E-state index >= 15 is 0 Å². The number of amides is 1. The Hall–Kier alpha value is -1.40. The second-order valence-electron chi connectivity index (χ2n) is 5.40. The first kappa shape index (κ1) is 20.6. The van der Waals surface area contributed by atoms with E-state index in [0.29, 0.717) is 18.7 Å². The lowest BCUT2D eigenvalue weighted by Crippen LogP contribution is -2.37. The van der Waals surface area contributed by atoms with Crippen LogP contribution in [0.25, 0.3) is 0 Å². The Morgan fingerprint density at radius 1 is 1.21 bits per heavy atom. The highest BCUT2D eigenvalue weighted by molar-refractivity contribution is 7.07. The Labute approximate surface area is 154 Å². The summed E-state index contributed by atoms with van der Waals surface area (Å²) in [6.45, 7) is 7.31. The molecule has 0 spiro atoms. The maximum atomic E-state index is 12.4. The average Bonchev–Trinajstić information content (AvgIpc) is 3.12. The molecule has 0 saturated heterocycles. The van der Waals surface area contributed by atoms with Gasteiger partial charge in [-0.15, -0.1) is 12.4 Å². The van der Waals surface area contributed by atoms with E-state index in [2.05, 4.69) is 40.9 Å². The third-order valence-corrected chi connectivity index (χ3v) is 4.79. The minimum absolute atomic E-state index is 0. The summed E-state index contributed by atoms with van der Waals surface area (Å²) in [5, 5.41) is 7.31. The van der Waals surface area contributed by atoms with E-state index in [9.17, 15) is 4.79 Å². The van der Waals surface area contributed by atoms with Crippen LogP contribution < -0.4 is 11.1 Å². The molecule has 0 fully saturated rings. The molecule has 1 amide bonds. The Bertz CT molecular complexity index is 597. The third kappa shape index (κ3) is 5.31. The number of benzene rings is 1. The van der Waals surface area contributed by atoms with Crippen molar-refractivity contribution >= 4 is 29.7 Å². The van der Waals surface area contributed by atoms with Crippen molar-refractivity contribution in [1.82, 2.24) is 10.2 Å². The molecular weight excluding hydrogens is 342 g/mol. The summed E-state index contributed by atoms with van der Waals surface area (Å²) in [5.41, 5.74) is 8.55. The smallest absolute Gasteiger partial charge is 0.251 e. The molecular formula is C18H26ClN3OS. The molecule has 1 atom stereocenters. The molecule has 1 unspecified atom stereocenters. The van der Waals surface area contributed by atoms with Gasteiger partial charge in [-0.05, 0) is 53.2 Å². The minimum atomic E-state index is -0.0408. The summed E-state index contributed by atoms with van der Waals surface area (Å²) >= 11 is 1.69. The van der Waals surface area contributed by atoms with Crippen molar-refractivity contribution in [3.8, 4) is 0 Å². The first-order valence-corrected chi connectivity index (χ1v) is 8.97. The third-order valence-electron chi connectivity index (χ3n) is 4.09. The van der Waals surface area contributed by atoms with Gasteiger partial charge in [-0.2, -0.15) is 11.3 Å². The van der Waals surface area contributed by atoms with Gasteiger partial charge >= 0.3 is 0 Å². The van der Waals surface area contributed by atoms with E-state index in [1.807, 2.05) is 24.3 Å². The van der Waals surface area contributed by atoms with Crippen molar-refractivity contribution < 1.29 is 4.79 Å². The SMILES string of the molecule is CCN(CC)C(CNC(=O)c1ccc(CN)cc1)c1ccsc1.Cl. The van der Waals surface area contributed by atoms with Crippen molar-refractivity contribution in [2.45, 2.75) is 26.4 Å². The quantitative estimate of drug-likeness (QED) is 0.751. The fraction of sp³-hybridized carbons (Fsp3) is 0.389. The van der Waals surface area contributed by atoms with E-state index in [4.69, 9.17) is 5.73 Å². The molecule has 6 heteroatoms. The van der Waals surface area contributed by atoms with Crippen LogP contribution in [0.4, 0.5) is 0 Å². The van der Waals surface area contributed by atoms with Crippen LogP contribution in [0.1, 0.15) is 41.4 Å². The maximum Gasteiger partial charge on any atom is 0.251 e. The van der Waals surface area contributed by atoms with Gasteiger partial charge in [-0.25, -0.2) is 0 Å². The van der Waals surface area contributed by atoms with Crippen molar-refractivity contribution in [3.63, 3.8) is 0 Å². The zero-order valence-corrected chi connectivity index (χ0v) is 15.8. The van der Waals surface area contributed by atoms with Crippen molar-refractivity contribution in [2.75, 3.05) is 19.6 Å². The normalized spacial score (nSPS) is 11.8. The lowest BCUT2D eigenvalue weighted by atomic mass is 10.1. The zero-order valence-electron chi connectivity index (χ0n) is 14.2. The number of nitrogens with zero attached hydrogens (tertiary/aromatic N) is 1. The summed E-state index contributed by atoms with van der Waals surface area (Å²) in [6, 6.07) is 9.80. The van der Waals surface area contributed by atoms with Gasteiger partial charge < -0.3 is 11.1 Å². The van der Waals surface area contributed by atoms with Crippen LogP contribution in [0.15, 0.2) is 41.1 Å². The number of halogens is 1. The molecule has 1 aromatic heterocycles. The van der Waals surface area contributed by atoms with Gasteiger partial charge in [0.25, 0.3) is 5.91 Å². The molecule has 3 N–H and O–H groups in total. The average molecular weight is 368 g/mol. The largest absolute Gasteiger partial charge is 0.350 e. The summed E-state index contributed by atoms with van der Waals surface area (Å²) in [4.78, 5) is 14.7. The molecule has 0 bridgehead atoms. The van der Waals surface area contributed by atoms with Crippen LogP contribution in [0.2, 0.25) is 0 Å². The van der Waals surface area contributed by atoms with Gasteiger partial charge in [0, 0.05) is 18.7 Å². The topological polar surface area (TPSA) is 58.4 Å². The summed E-state index contributed by atoms with van der Waals surface area (Å²) in [7, 11) is 0. The van der Waals surface area contributed by atoms with E-state index in [0.717, 1.165) is 18.7 Å². The van der Waals surface area contributed by atoms with E-state index in [-0.39, 0.29) is 24.4 Å². The van der Waals surface area contributed by atoms with Gasteiger partial charge in [-0.3, -0.25) is 9.69 Å². The van der Waals surface area contributed by atoms with Gasteiger partial charge in [0.15, 0.2) is 0 Å². The molecule has 4 nitrogen and oxygen atoms in total. The van der Waals surface area contributed by atoms with Crippen LogP contribution in [0, 0.1) is 0 Å². The Balaban J connectivity index is 0.00000288. The van der Waals surface area contributed by atoms with Gasteiger partial charge in [0.2, 0.25) is 0 Å². The van der Waals surface area contributed by atoms with Gasteiger partial charge in [-0.1, -0.05) is 26.0 Å². The van der Waals surface area contributed by atoms with Crippen molar-refractivity contribution in [1.29, 1.82) is 0 Å². The molecule has 0 aliphatic rings. The molecule has 0 saturated carbocycles. The minimum Gasteiger partial charge on any atom is -0.350 e. The number of hydrogen-bond donors (Lipinski definition) is 2. The molecule has 132 valence electrons. The van der Waals surface area contributed by atoms with Crippen LogP contribution in [0.3, 0.4) is 0 Å². The standard InChI is InChI=1S/C18H25N3OS.ClH/c1-3-21(4-2)17(16-9-10-23-13-16)12-20-18(22)15-7-5-14(11-19)6-8-15;/h5-10,13,17H,3-4,11-12,19H2,1-2H3,(H,20,22);1H. The molecule has 0 aliphatic carbocycles. The Morgan fingerprint density at radius 3 is 2.38 bits per heavy atom. The number of carbonyl (C=O) groups is 1. The predicted octanol–water partition coefficient (Wildman–Crippen LogP) is 3.44. The first-order valence-electron chi connectivity index (χ1n) is 8.02. The number of hydrogen-bond acceptors (Lipinski definition) is 4. The fourth-order valence-electron chi connectivity index (χ4n) is 2.67. The predicted molar refractivity (Wildman–Crippen MR) is 104 cm³/mol. The fourth-order valence-corrected chi connectivity index (χ4v) is 3.38. The second kappa shape index (κ2) is 10.5. The van der Waals surface area contributed by atoms with Gasteiger partial charge in [0.05, 0.1) is 6.04 Å². The maximum absolute atomic E-state index is 12.4. The highest BCUT2D eigenvalue weighted by Gasteiger charge is 2.19. The highest BCUT2D eigenvalue weighted by atomic mass is 35.5. The number of likely N-dealkylation sites (N-methyl/N-ethyl adjacent to an activating group) is 1. The van der Waals surface area contributed by atoms with E-state index in [1.54, 1.807) is 11.3 Å². The molecule has 1 heterocycles. The molecule has 0 radical (unpaired) electrons. The molecule has 24 heavy (non-hydrogen) atoms. The summed E-state index contributed by atoms with van der Waals surface area (Å²) < 4.78 is 0.